The van der Waals surface area contributed by atoms with Gasteiger partial charge in [-0.25, -0.2) is 0 Å². The Kier molecular flexibility index (Phi) is 5.17. The molecule has 0 aromatic heterocycles. The molecule has 1 N–H and O–H groups in total. The summed E-state index contributed by atoms with van der Waals surface area (Å²) in [6.07, 6.45) is 1.54. The standard InChI is InChI=1S/C21H20N2O3/c1-3-14-23-20(24)18(15-10-6-5-7-11-15)19(21(23)25)22-16-12-8-9-13-17(16)26-4-2/h3,5-13,22H,1,4,14H2,2H3. The molecule has 1 heterocycles. The molecular weight excluding hydrogens is 328 g/mol. The lowest BCUT2D eigenvalue weighted by Crippen LogP contribution is -2.32. The van der Waals surface area contributed by atoms with Gasteiger partial charge in [-0.3, -0.25) is 14.5 Å². The van der Waals surface area contributed by atoms with Gasteiger partial charge in [-0.1, -0.05) is 48.5 Å². The number of hydrogen-bond donors (Lipinski definition) is 1. The summed E-state index contributed by atoms with van der Waals surface area (Å²) in [6, 6.07) is 16.5. The highest BCUT2D eigenvalue weighted by atomic mass is 16.5. The summed E-state index contributed by atoms with van der Waals surface area (Å²) in [5, 5.41) is 3.12. The Labute approximate surface area is 152 Å². The molecule has 0 spiro atoms. The van der Waals surface area contributed by atoms with Gasteiger partial charge >= 0.3 is 0 Å². The van der Waals surface area contributed by atoms with Crippen molar-refractivity contribution in [3.63, 3.8) is 0 Å². The largest absolute Gasteiger partial charge is 0.492 e. The van der Waals surface area contributed by atoms with Crippen molar-refractivity contribution in [1.29, 1.82) is 0 Å². The Hall–Kier alpha value is -3.34. The van der Waals surface area contributed by atoms with Crippen LogP contribution in [0, 0.1) is 0 Å². The quantitative estimate of drug-likeness (QED) is 0.615. The lowest BCUT2D eigenvalue weighted by Gasteiger charge is -2.14. The fourth-order valence-corrected chi connectivity index (χ4v) is 2.85. The van der Waals surface area contributed by atoms with Gasteiger partial charge < -0.3 is 10.1 Å². The van der Waals surface area contributed by atoms with E-state index >= 15 is 0 Å². The molecule has 1 aliphatic rings. The highest BCUT2D eigenvalue weighted by Crippen LogP contribution is 2.33. The maximum atomic E-state index is 12.9. The van der Waals surface area contributed by atoms with Crippen LogP contribution in [-0.4, -0.2) is 29.9 Å². The van der Waals surface area contributed by atoms with Crippen LogP contribution in [0.15, 0.2) is 72.9 Å². The van der Waals surface area contributed by atoms with E-state index in [2.05, 4.69) is 11.9 Å². The SMILES string of the molecule is C=CCN1C(=O)C(Nc2ccccc2OCC)=C(c2ccccc2)C1=O. The molecule has 5 nitrogen and oxygen atoms in total. The van der Waals surface area contributed by atoms with Gasteiger partial charge in [-0.15, -0.1) is 6.58 Å². The molecule has 5 heteroatoms. The molecule has 26 heavy (non-hydrogen) atoms. The summed E-state index contributed by atoms with van der Waals surface area (Å²) < 4.78 is 5.61. The normalized spacial score (nSPS) is 14.0. The van der Waals surface area contributed by atoms with Crippen LogP contribution in [-0.2, 0) is 9.59 Å². The van der Waals surface area contributed by atoms with Crippen molar-refractivity contribution in [3.05, 3.63) is 78.5 Å². The third-order valence-electron chi connectivity index (χ3n) is 3.99. The third kappa shape index (κ3) is 3.24. The first kappa shape index (κ1) is 17.5. The van der Waals surface area contributed by atoms with E-state index in [1.807, 2.05) is 61.5 Å². The van der Waals surface area contributed by atoms with Crippen LogP contribution in [0.25, 0.3) is 5.57 Å². The van der Waals surface area contributed by atoms with E-state index in [0.29, 0.717) is 29.2 Å². The van der Waals surface area contributed by atoms with Gasteiger partial charge in [-0.05, 0) is 24.6 Å². The molecule has 2 aromatic rings. The van der Waals surface area contributed by atoms with Crippen LogP contribution in [0.2, 0.25) is 0 Å². The first-order chi connectivity index (χ1) is 12.7. The predicted octanol–water partition coefficient (Wildman–Crippen LogP) is 3.46. The average molecular weight is 348 g/mol. The van der Waals surface area contributed by atoms with Crippen molar-refractivity contribution in [1.82, 2.24) is 4.90 Å². The van der Waals surface area contributed by atoms with E-state index in [0.717, 1.165) is 0 Å². The Morgan fingerprint density at radius 1 is 1.04 bits per heavy atom. The first-order valence-corrected chi connectivity index (χ1v) is 8.43. The number of nitrogens with zero attached hydrogens (tertiary/aromatic N) is 1. The van der Waals surface area contributed by atoms with E-state index in [9.17, 15) is 9.59 Å². The van der Waals surface area contributed by atoms with Crippen molar-refractivity contribution in [2.45, 2.75) is 6.92 Å². The molecule has 0 aliphatic carbocycles. The molecule has 1 aliphatic heterocycles. The topological polar surface area (TPSA) is 58.6 Å². The maximum Gasteiger partial charge on any atom is 0.278 e. The second kappa shape index (κ2) is 7.70. The first-order valence-electron chi connectivity index (χ1n) is 8.43. The number of benzene rings is 2. The van der Waals surface area contributed by atoms with E-state index < -0.39 is 0 Å². The highest BCUT2D eigenvalue weighted by Gasteiger charge is 2.38. The molecule has 0 bridgehead atoms. The van der Waals surface area contributed by atoms with Crippen LogP contribution in [0.5, 0.6) is 5.75 Å². The van der Waals surface area contributed by atoms with Gasteiger partial charge in [0.15, 0.2) is 0 Å². The van der Waals surface area contributed by atoms with Crippen molar-refractivity contribution in [2.75, 3.05) is 18.5 Å². The van der Waals surface area contributed by atoms with E-state index in [-0.39, 0.29) is 24.1 Å². The minimum Gasteiger partial charge on any atom is -0.492 e. The summed E-state index contributed by atoms with van der Waals surface area (Å²) in [4.78, 5) is 26.9. The van der Waals surface area contributed by atoms with Gasteiger partial charge in [0, 0.05) is 6.54 Å². The van der Waals surface area contributed by atoms with Crippen molar-refractivity contribution < 1.29 is 14.3 Å². The number of amides is 2. The van der Waals surface area contributed by atoms with E-state index in [1.54, 1.807) is 0 Å². The fourth-order valence-electron chi connectivity index (χ4n) is 2.85. The van der Waals surface area contributed by atoms with Crippen LogP contribution in [0.4, 0.5) is 5.69 Å². The summed E-state index contributed by atoms with van der Waals surface area (Å²) in [5.41, 5.74) is 1.92. The summed E-state index contributed by atoms with van der Waals surface area (Å²) in [5.74, 6) is -0.0881. The van der Waals surface area contributed by atoms with E-state index in [4.69, 9.17) is 4.74 Å². The van der Waals surface area contributed by atoms with Crippen molar-refractivity contribution >= 4 is 23.1 Å². The Balaban J connectivity index is 2.08. The molecule has 2 aromatic carbocycles. The van der Waals surface area contributed by atoms with Gasteiger partial charge in [0.05, 0.1) is 17.9 Å². The molecule has 3 rings (SSSR count). The Morgan fingerprint density at radius 2 is 1.73 bits per heavy atom. The minimum absolute atomic E-state index is 0.159. The second-order valence-corrected chi connectivity index (χ2v) is 5.68. The van der Waals surface area contributed by atoms with Crippen molar-refractivity contribution in [2.24, 2.45) is 0 Å². The molecule has 0 fully saturated rings. The molecule has 0 atom stereocenters. The average Bonchev–Trinajstić information content (AvgIpc) is 2.89. The molecule has 2 amide bonds. The zero-order valence-corrected chi connectivity index (χ0v) is 14.6. The zero-order chi connectivity index (χ0) is 18.5. The molecule has 0 unspecified atom stereocenters. The van der Waals surface area contributed by atoms with Gasteiger partial charge in [0.2, 0.25) is 0 Å². The lowest BCUT2D eigenvalue weighted by molar-refractivity contribution is -0.136. The Morgan fingerprint density at radius 3 is 2.42 bits per heavy atom. The second-order valence-electron chi connectivity index (χ2n) is 5.68. The molecule has 132 valence electrons. The van der Waals surface area contributed by atoms with Gasteiger partial charge in [0.1, 0.15) is 11.4 Å². The molecule has 0 radical (unpaired) electrons. The number of carbonyl (C=O) groups excluding carboxylic acids is 2. The smallest absolute Gasteiger partial charge is 0.278 e. The maximum absolute atomic E-state index is 12.9. The predicted molar refractivity (Wildman–Crippen MR) is 102 cm³/mol. The Bertz CT molecular complexity index is 872. The number of imide groups is 1. The lowest BCUT2D eigenvalue weighted by atomic mass is 10.0. The minimum atomic E-state index is -0.375. The number of para-hydroxylation sites is 2. The number of anilines is 1. The van der Waals surface area contributed by atoms with Gasteiger partial charge in [-0.2, -0.15) is 0 Å². The van der Waals surface area contributed by atoms with Crippen molar-refractivity contribution in [3.8, 4) is 5.75 Å². The number of ether oxygens (including phenoxy) is 1. The number of rotatable bonds is 7. The van der Waals surface area contributed by atoms with E-state index in [1.165, 1.54) is 11.0 Å². The molecular formula is C21H20N2O3. The summed E-state index contributed by atoms with van der Waals surface area (Å²) in [7, 11) is 0. The summed E-state index contributed by atoms with van der Waals surface area (Å²) >= 11 is 0. The monoisotopic (exact) mass is 348 g/mol. The molecule has 0 saturated carbocycles. The van der Waals surface area contributed by atoms with Crippen LogP contribution in [0.3, 0.4) is 0 Å². The number of carbonyl (C=O) groups is 2. The number of nitrogens with one attached hydrogen (secondary N) is 1. The number of hydrogen-bond acceptors (Lipinski definition) is 4. The summed E-state index contributed by atoms with van der Waals surface area (Å²) in [6.45, 7) is 6.18. The van der Waals surface area contributed by atoms with Gasteiger partial charge in [0.25, 0.3) is 11.8 Å². The fraction of sp³-hybridized carbons (Fsp3) is 0.143. The highest BCUT2D eigenvalue weighted by molar-refractivity contribution is 6.36. The third-order valence-corrected chi connectivity index (χ3v) is 3.99. The van der Waals surface area contributed by atoms with Crippen LogP contribution in [0.1, 0.15) is 12.5 Å². The molecule has 0 saturated heterocycles. The van der Waals surface area contributed by atoms with Crippen LogP contribution >= 0.6 is 0 Å². The van der Waals surface area contributed by atoms with Crippen LogP contribution < -0.4 is 10.1 Å². The zero-order valence-electron chi connectivity index (χ0n) is 14.6.